The molecule has 5 nitrogen and oxygen atoms in total. The molecule has 0 spiro atoms. The minimum absolute atomic E-state index is 0.373. The highest BCUT2D eigenvalue weighted by Crippen LogP contribution is 2.34. The minimum atomic E-state index is 0.373. The van der Waals surface area contributed by atoms with Crippen molar-refractivity contribution in [3.63, 3.8) is 0 Å². The molecule has 2 heterocycles. The summed E-state index contributed by atoms with van der Waals surface area (Å²) < 4.78 is 0. The molecule has 1 aliphatic heterocycles. The topological polar surface area (TPSA) is 67.1 Å². The maximum Gasteiger partial charge on any atom is 0.229 e. The summed E-state index contributed by atoms with van der Waals surface area (Å²) in [6, 6.07) is 4.01. The lowest BCUT2D eigenvalue weighted by Gasteiger charge is -2.32. The molecule has 2 aromatic rings. The van der Waals surface area contributed by atoms with Crippen molar-refractivity contribution >= 4 is 52.4 Å². The van der Waals surface area contributed by atoms with E-state index in [9.17, 15) is 0 Å². The first-order valence-electron chi connectivity index (χ1n) is 8.43. The second kappa shape index (κ2) is 6.73. The first-order chi connectivity index (χ1) is 12.1. The molecule has 1 saturated carbocycles. The Kier molecular flexibility index (Phi) is 4.44. The van der Waals surface area contributed by atoms with Gasteiger partial charge >= 0.3 is 0 Å². The van der Waals surface area contributed by atoms with Crippen LogP contribution >= 0.6 is 23.2 Å². The molecule has 0 atom stereocenters. The zero-order valence-corrected chi connectivity index (χ0v) is 15.2. The number of benzene rings is 1. The van der Waals surface area contributed by atoms with Crippen molar-refractivity contribution in [3.05, 3.63) is 40.0 Å². The van der Waals surface area contributed by atoms with Crippen LogP contribution in [0.4, 0.5) is 23.1 Å². The highest BCUT2D eigenvalue weighted by atomic mass is 35.5. The van der Waals surface area contributed by atoms with Gasteiger partial charge in [0.05, 0.1) is 15.7 Å². The second-order valence-corrected chi connectivity index (χ2v) is 7.26. The van der Waals surface area contributed by atoms with Crippen molar-refractivity contribution in [2.45, 2.75) is 31.7 Å². The van der Waals surface area contributed by atoms with Crippen molar-refractivity contribution < 1.29 is 0 Å². The predicted molar refractivity (Wildman–Crippen MR) is 105 cm³/mol. The highest BCUT2D eigenvalue weighted by Gasteiger charge is 2.26. The lowest BCUT2D eigenvalue weighted by Crippen LogP contribution is -2.36. The Balaban J connectivity index is 1.64. The van der Waals surface area contributed by atoms with Crippen LogP contribution in [-0.4, -0.2) is 22.6 Å². The lowest BCUT2D eigenvalue weighted by molar-refractivity contribution is 0.622. The third-order valence-corrected chi connectivity index (χ3v) is 5.39. The Morgan fingerprint density at radius 1 is 1.16 bits per heavy atom. The average molecular weight is 376 g/mol. The molecule has 2 aliphatic rings. The van der Waals surface area contributed by atoms with Gasteiger partial charge in [0.25, 0.3) is 0 Å². The average Bonchev–Trinajstić information content (AvgIpc) is 3.13. The minimum Gasteiger partial charge on any atom is -0.396 e. The molecule has 4 rings (SSSR count). The van der Waals surface area contributed by atoms with Crippen molar-refractivity contribution in [1.29, 1.82) is 0 Å². The fourth-order valence-electron chi connectivity index (χ4n) is 3.49. The molecule has 0 amide bonds. The van der Waals surface area contributed by atoms with Crippen LogP contribution < -0.4 is 16.0 Å². The number of nitrogens with zero attached hydrogens (tertiary/aromatic N) is 3. The Morgan fingerprint density at radius 2 is 1.88 bits per heavy atom. The van der Waals surface area contributed by atoms with Gasteiger partial charge < -0.3 is 16.0 Å². The maximum atomic E-state index is 6.10. The van der Waals surface area contributed by atoms with Crippen molar-refractivity contribution in [1.82, 2.24) is 9.97 Å². The molecule has 25 heavy (non-hydrogen) atoms. The number of nitrogen functional groups attached to an aromatic ring is 1. The molecule has 1 aromatic heterocycles. The number of anilines is 4. The zero-order valence-electron chi connectivity index (χ0n) is 13.7. The first-order valence-corrected chi connectivity index (χ1v) is 9.19. The fourth-order valence-corrected chi connectivity index (χ4v) is 3.98. The largest absolute Gasteiger partial charge is 0.396 e. The van der Waals surface area contributed by atoms with Crippen molar-refractivity contribution in [2.24, 2.45) is 0 Å². The van der Waals surface area contributed by atoms with Gasteiger partial charge in [0.15, 0.2) is 0 Å². The molecule has 0 unspecified atom stereocenters. The Morgan fingerprint density at radius 3 is 2.60 bits per heavy atom. The Bertz CT molecular complexity index is 807. The molecule has 0 saturated heterocycles. The van der Waals surface area contributed by atoms with E-state index in [0.29, 0.717) is 33.4 Å². The molecular weight excluding hydrogens is 357 g/mol. The zero-order chi connectivity index (χ0) is 17.4. The standard InChI is InChI=1S/C18H19Cl2N5/c19-14-8-12(9-15(20)16(14)21)23-18-22-10-11-4-3-7-25(17(11)24-18)13-5-1-2-6-13/h3-4,8-10,13H,1-2,5-7,21H2,(H,22,23,24). The van der Waals surface area contributed by atoms with Crippen LogP contribution in [-0.2, 0) is 0 Å². The smallest absolute Gasteiger partial charge is 0.229 e. The second-order valence-electron chi connectivity index (χ2n) is 6.44. The van der Waals surface area contributed by atoms with Crippen LogP contribution in [0.2, 0.25) is 10.0 Å². The van der Waals surface area contributed by atoms with Gasteiger partial charge in [0.2, 0.25) is 5.95 Å². The van der Waals surface area contributed by atoms with Crippen LogP contribution in [0.5, 0.6) is 0 Å². The molecule has 1 aromatic carbocycles. The van der Waals surface area contributed by atoms with Crippen molar-refractivity contribution in [2.75, 3.05) is 22.5 Å². The van der Waals surface area contributed by atoms with Gasteiger partial charge in [0, 0.05) is 30.0 Å². The summed E-state index contributed by atoms with van der Waals surface area (Å²) in [5, 5.41) is 3.99. The van der Waals surface area contributed by atoms with E-state index < -0.39 is 0 Å². The van der Waals surface area contributed by atoms with E-state index in [4.69, 9.17) is 33.9 Å². The molecule has 130 valence electrons. The summed E-state index contributed by atoms with van der Waals surface area (Å²) >= 11 is 12.2. The number of fused-ring (bicyclic) bond motifs is 1. The van der Waals surface area contributed by atoms with E-state index in [-0.39, 0.29) is 0 Å². The van der Waals surface area contributed by atoms with Gasteiger partial charge in [-0.15, -0.1) is 0 Å². The summed E-state index contributed by atoms with van der Waals surface area (Å²) in [4.78, 5) is 11.6. The van der Waals surface area contributed by atoms with Gasteiger partial charge in [-0.25, -0.2) is 4.98 Å². The normalized spacial score (nSPS) is 17.0. The number of nitrogens with one attached hydrogen (secondary N) is 1. The summed E-state index contributed by atoms with van der Waals surface area (Å²) in [6.45, 7) is 0.896. The molecule has 1 aliphatic carbocycles. The van der Waals surface area contributed by atoms with E-state index in [1.54, 1.807) is 12.1 Å². The molecule has 3 N–H and O–H groups in total. The number of hydrogen-bond acceptors (Lipinski definition) is 5. The number of hydrogen-bond donors (Lipinski definition) is 2. The van der Waals surface area contributed by atoms with E-state index in [1.165, 1.54) is 25.7 Å². The number of halogens is 2. The van der Waals surface area contributed by atoms with E-state index >= 15 is 0 Å². The van der Waals surface area contributed by atoms with Gasteiger partial charge in [-0.2, -0.15) is 4.98 Å². The first kappa shape index (κ1) is 16.5. The summed E-state index contributed by atoms with van der Waals surface area (Å²) in [6.07, 6.45) is 11.1. The molecular formula is C18H19Cl2N5. The number of aromatic nitrogens is 2. The van der Waals surface area contributed by atoms with Crippen molar-refractivity contribution in [3.8, 4) is 0 Å². The van der Waals surface area contributed by atoms with Gasteiger partial charge in [-0.3, -0.25) is 0 Å². The van der Waals surface area contributed by atoms with Crippen LogP contribution in [0.3, 0.4) is 0 Å². The van der Waals surface area contributed by atoms with Crippen LogP contribution in [0.25, 0.3) is 6.08 Å². The molecule has 0 bridgehead atoms. The van der Waals surface area contributed by atoms with E-state index in [2.05, 4.69) is 27.4 Å². The van der Waals surface area contributed by atoms with Gasteiger partial charge in [-0.05, 0) is 25.0 Å². The fraction of sp³-hybridized carbons (Fsp3) is 0.333. The highest BCUT2D eigenvalue weighted by molar-refractivity contribution is 6.39. The summed E-state index contributed by atoms with van der Waals surface area (Å²) in [5.74, 6) is 1.51. The monoisotopic (exact) mass is 375 g/mol. The Hall–Kier alpha value is -1.98. The van der Waals surface area contributed by atoms with Gasteiger partial charge in [-0.1, -0.05) is 48.2 Å². The van der Waals surface area contributed by atoms with Crippen LogP contribution in [0.1, 0.15) is 31.2 Å². The lowest BCUT2D eigenvalue weighted by atomic mass is 10.1. The predicted octanol–water partition coefficient (Wildman–Crippen LogP) is 4.89. The number of rotatable bonds is 3. The summed E-state index contributed by atoms with van der Waals surface area (Å²) in [7, 11) is 0. The number of nitrogens with two attached hydrogens (primary N) is 1. The Labute approximate surface area is 156 Å². The van der Waals surface area contributed by atoms with Gasteiger partial charge in [0.1, 0.15) is 5.82 Å². The molecule has 0 radical (unpaired) electrons. The SMILES string of the molecule is Nc1c(Cl)cc(Nc2ncc3c(n2)N(C2CCCC2)CC=C3)cc1Cl. The third kappa shape index (κ3) is 3.26. The third-order valence-electron chi connectivity index (χ3n) is 4.77. The van der Waals surface area contributed by atoms with Crippen LogP contribution in [0, 0.1) is 0 Å². The maximum absolute atomic E-state index is 6.10. The quantitative estimate of drug-likeness (QED) is 0.747. The molecule has 7 heteroatoms. The van der Waals surface area contributed by atoms with Crippen LogP contribution in [0.15, 0.2) is 24.4 Å². The van der Waals surface area contributed by atoms with E-state index in [0.717, 1.165) is 17.9 Å². The van der Waals surface area contributed by atoms with E-state index in [1.807, 2.05) is 6.20 Å². The molecule has 1 fully saturated rings. The summed E-state index contributed by atoms with van der Waals surface area (Å²) in [5.41, 5.74) is 7.92.